The van der Waals surface area contributed by atoms with E-state index in [1.807, 2.05) is 58.0 Å². The van der Waals surface area contributed by atoms with E-state index >= 15 is 0 Å². The second-order valence-electron chi connectivity index (χ2n) is 6.41. The van der Waals surface area contributed by atoms with E-state index in [1.54, 1.807) is 6.20 Å². The van der Waals surface area contributed by atoms with E-state index in [0.717, 1.165) is 21.5 Å². The molecule has 0 aromatic carbocycles. The predicted octanol–water partition coefficient (Wildman–Crippen LogP) is 3.21. The molecular formula is C16H18BBrN2O2. The van der Waals surface area contributed by atoms with Gasteiger partial charge in [0.25, 0.3) is 0 Å². The lowest BCUT2D eigenvalue weighted by molar-refractivity contribution is 0.00578. The smallest absolute Gasteiger partial charge is 0.399 e. The van der Waals surface area contributed by atoms with Crippen LogP contribution in [0.5, 0.6) is 0 Å². The second kappa shape index (κ2) is 5.44. The van der Waals surface area contributed by atoms with Crippen LogP contribution in [-0.2, 0) is 9.31 Å². The van der Waals surface area contributed by atoms with Crippen molar-refractivity contribution in [3.8, 4) is 11.4 Å². The van der Waals surface area contributed by atoms with Crippen molar-refractivity contribution in [1.29, 1.82) is 0 Å². The summed E-state index contributed by atoms with van der Waals surface area (Å²) in [6, 6.07) is 9.66. The Labute approximate surface area is 139 Å². The van der Waals surface area contributed by atoms with Gasteiger partial charge in [-0.1, -0.05) is 6.07 Å². The van der Waals surface area contributed by atoms with Crippen LogP contribution in [0.25, 0.3) is 11.4 Å². The van der Waals surface area contributed by atoms with Crippen LogP contribution in [-0.4, -0.2) is 28.3 Å². The highest BCUT2D eigenvalue weighted by Gasteiger charge is 2.51. The molecule has 3 rings (SSSR count). The molecule has 0 atom stereocenters. The van der Waals surface area contributed by atoms with Gasteiger partial charge in [0.2, 0.25) is 0 Å². The SMILES string of the molecule is CC1(C)OB(c2cc(Br)nc(-c3ccccn3)c2)OC1(C)C. The summed E-state index contributed by atoms with van der Waals surface area (Å²) in [4.78, 5) is 8.84. The van der Waals surface area contributed by atoms with E-state index in [4.69, 9.17) is 9.31 Å². The molecule has 0 saturated carbocycles. The lowest BCUT2D eigenvalue weighted by Gasteiger charge is -2.32. The third kappa shape index (κ3) is 2.83. The fourth-order valence-electron chi connectivity index (χ4n) is 2.28. The maximum Gasteiger partial charge on any atom is 0.495 e. The molecular weight excluding hydrogens is 343 g/mol. The summed E-state index contributed by atoms with van der Waals surface area (Å²) in [6.07, 6.45) is 1.76. The van der Waals surface area contributed by atoms with Crippen molar-refractivity contribution in [1.82, 2.24) is 9.97 Å². The molecule has 0 bridgehead atoms. The molecule has 4 nitrogen and oxygen atoms in total. The number of aromatic nitrogens is 2. The summed E-state index contributed by atoms with van der Waals surface area (Å²) in [7, 11) is -0.410. The highest BCUT2D eigenvalue weighted by Crippen LogP contribution is 2.36. The topological polar surface area (TPSA) is 44.2 Å². The lowest BCUT2D eigenvalue weighted by atomic mass is 9.79. The Hall–Kier alpha value is -1.24. The molecule has 1 saturated heterocycles. The fourth-order valence-corrected chi connectivity index (χ4v) is 2.73. The first kappa shape index (κ1) is 15.7. The zero-order valence-corrected chi connectivity index (χ0v) is 14.7. The number of rotatable bonds is 2. The average molecular weight is 361 g/mol. The Morgan fingerprint density at radius 3 is 2.27 bits per heavy atom. The monoisotopic (exact) mass is 360 g/mol. The zero-order valence-electron chi connectivity index (χ0n) is 13.1. The van der Waals surface area contributed by atoms with Crippen LogP contribution >= 0.6 is 15.9 Å². The molecule has 0 amide bonds. The van der Waals surface area contributed by atoms with Crippen molar-refractivity contribution < 1.29 is 9.31 Å². The van der Waals surface area contributed by atoms with Crippen LogP contribution in [0.1, 0.15) is 27.7 Å². The molecule has 1 aliphatic rings. The van der Waals surface area contributed by atoms with Crippen molar-refractivity contribution >= 4 is 28.5 Å². The lowest BCUT2D eigenvalue weighted by Crippen LogP contribution is -2.41. The van der Waals surface area contributed by atoms with Crippen LogP contribution < -0.4 is 5.46 Å². The van der Waals surface area contributed by atoms with Crippen molar-refractivity contribution in [3.63, 3.8) is 0 Å². The third-order valence-electron chi connectivity index (χ3n) is 4.27. The first-order valence-electron chi connectivity index (χ1n) is 7.23. The molecule has 0 radical (unpaired) electrons. The highest BCUT2D eigenvalue weighted by molar-refractivity contribution is 9.10. The summed E-state index contributed by atoms with van der Waals surface area (Å²) in [5.41, 5.74) is 1.82. The Bertz CT molecular complexity index is 676. The van der Waals surface area contributed by atoms with Crippen molar-refractivity contribution in [2.24, 2.45) is 0 Å². The van der Waals surface area contributed by atoms with E-state index in [0.29, 0.717) is 0 Å². The maximum atomic E-state index is 6.10. The molecule has 2 aromatic rings. The molecule has 2 aromatic heterocycles. The molecule has 22 heavy (non-hydrogen) atoms. The molecule has 0 N–H and O–H groups in total. The number of nitrogens with zero attached hydrogens (tertiary/aromatic N) is 2. The second-order valence-corrected chi connectivity index (χ2v) is 7.22. The van der Waals surface area contributed by atoms with Crippen LogP contribution in [0.15, 0.2) is 41.1 Å². The Morgan fingerprint density at radius 2 is 1.68 bits per heavy atom. The quantitative estimate of drug-likeness (QED) is 0.609. The minimum absolute atomic E-state index is 0.363. The van der Waals surface area contributed by atoms with Gasteiger partial charge in [0.1, 0.15) is 4.60 Å². The van der Waals surface area contributed by atoms with E-state index in [-0.39, 0.29) is 11.2 Å². The zero-order chi connectivity index (χ0) is 16.0. The van der Waals surface area contributed by atoms with Gasteiger partial charge in [-0.05, 0) is 73.4 Å². The number of pyridine rings is 2. The van der Waals surface area contributed by atoms with Gasteiger partial charge in [-0.3, -0.25) is 4.98 Å². The van der Waals surface area contributed by atoms with Gasteiger partial charge in [-0.15, -0.1) is 0 Å². The average Bonchev–Trinajstić information content (AvgIpc) is 2.68. The Balaban J connectivity index is 1.98. The summed E-state index contributed by atoms with van der Waals surface area (Å²) in [6.45, 7) is 8.18. The Kier molecular flexibility index (Phi) is 3.87. The van der Waals surface area contributed by atoms with Gasteiger partial charge in [-0.2, -0.15) is 0 Å². The van der Waals surface area contributed by atoms with Crippen molar-refractivity contribution in [2.45, 2.75) is 38.9 Å². The van der Waals surface area contributed by atoms with Gasteiger partial charge in [0, 0.05) is 6.20 Å². The first-order chi connectivity index (χ1) is 10.3. The van der Waals surface area contributed by atoms with E-state index in [9.17, 15) is 0 Å². The van der Waals surface area contributed by atoms with E-state index < -0.39 is 7.12 Å². The fraction of sp³-hybridized carbons (Fsp3) is 0.375. The van der Waals surface area contributed by atoms with Gasteiger partial charge in [-0.25, -0.2) is 4.98 Å². The summed E-state index contributed by atoms with van der Waals surface area (Å²) >= 11 is 3.46. The first-order valence-corrected chi connectivity index (χ1v) is 8.02. The van der Waals surface area contributed by atoms with Crippen LogP contribution in [0, 0.1) is 0 Å². The minimum Gasteiger partial charge on any atom is -0.399 e. The largest absolute Gasteiger partial charge is 0.495 e. The van der Waals surface area contributed by atoms with Crippen LogP contribution in [0.4, 0.5) is 0 Å². The van der Waals surface area contributed by atoms with E-state index in [1.165, 1.54) is 0 Å². The summed E-state index contributed by atoms with van der Waals surface area (Å²) in [5.74, 6) is 0. The number of halogens is 1. The molecule has 0 aliphatic carbocycles. The highest BCUT2D eigenvalue weighted by atomic mass is 79.9. The molecule has 1 fully saturated rings. The van der Waals surface area contributed by atoms with Crippen molar-refractivity contribution in [2.75, 3.05) is 0 Å². The number of hydrogen-bond acceptors (Lipinski definition) is 4. The molecule has 0 unspecified atom stereocenters. The Morgan fingerprint density at radius 1 is 1.00 bits per heavy atom. The predicted molar refractivity (Wildman–Crippen MR) is 90.9 cm³/mol. The van der Waals surface area contributed by atoms with Gasteiger partial charge < -0.3 is 9.31 Å². The molecule has 3 heterocycles. The van der Waals surface area contributed by atoms with Gasteiger partial charge in [0.05, 0.1) is 22.6 Å². The van der Waals surface area contributed by atoms with Gasteiger partial charge >= 0.3 is 7.12 Å². The standard InChI is InChI=1S/C16H18BBrN2O2/c1-15(2)16(3,4)22-17(21-15)11-9-13(20-14(18)10-11)12-7-5-6-8-19-12/h5-10H,1-4H3. The normalized spacial score (nSPS) is 19.4. The molecule has 0 spiro atoms. The van der Waals surface area contributed by atoms with E-state index in [2.05, 4.69) is 25.9 Å². The molecule has 6 heteroatoms. The molecule has 114 valence electrons. The summed E-state index contributed by atoms with van der Waals surface area (Å²) in [5, 5.41) is 0. The number of hydrogen-bond donors (Lipinski definition) is 0. The molecule has 1 aliphatic heterocycles. The maximum absolute atomic E-state index is 6.10. The minimum atomic E-state index is -0.410. The van der Waals surface area contributed by atoms with Crippen molar-refractivity contribution in [3.05, 3.63) is 41.1 Å². The van der Waals surface area contributed by atoms with Crippen LogP contribution in [0.2, 0.25) is 0 Å². The van der Waals surface area contributed by atoms with Gasteiger partial charge in [0.15, 0.2) is 0 Å². The van der Waals surface area contributed by atoms with Crippen LogP contribution in [0.3, 0.4) is 0 Å². The summed E-state index contributed by atoms with van der Waals surface area (Å²) < 4.78 is 12.9. The third-order valence-corrected chi connectivity index (χ3v) is 4.68.